The number of aliphatic hydroxyl groups is 1. The molecule has 2 atom stereocenters. The van der Waals surface area contributed by atoms with Crippen LogP contribution in [0.15, 0.2) is 0 Å². The van der Waals surface area contributed by atoms with Crippen LogP contribution in [-0.4, -0.2) is 67.2 Å². The van der Waals surface area contributed by atoms with Gasteiger partial charge in [-0.15, -0.1) is 0 Å². The van der Waals surface area contributed by atoms with Gasteiger partial charge in [0.2, 0.25) is 6.79 Å². The van der Waals surface area contributed by atoms with E-state index in [0.717, 1.165) is 77.0 Å². The maximum absolute atomic E-state index is 12.3. The summed E-state index contributed by atoms with van der Waals surface area (Å²) in [5.41, 5.74) is 0. The third-order valence-corrected chi connectivity index (χ3v) is 7.33. The highest BCUT2D eigenvalue weighted by atomic mass is 16.7. The molecular weight excluding hydrogens is 596 g/mol. The van der Waals surface area contributed by atoms with Gasteiger partial charge in [-0.25, -0.2) is 0 Å². The lowest BCUT2D eigenvalue weighted by atomic mass is 9.99. The van der Waals surface area contributed by atoms with Crippen molar-refractivity contribution in [3.63, 3.8) is 0 Å². The van der Waals surface area contributed by atoms with E-state index in [1.54, 1.807) is 0 Å². The molecule has 0 bridgehead atoms. The second kappa shape index (κ2) is 30.9. The molecule has 0 saturated heterocycles. The molecule has 2 unspecified atom stereocenters. The molecule has 0 radical (unpaired) electrons. The Morgan fingerprint density at radius 3 is 1.37 bits per heavy atom. The first-order chi connectivity index (χ1) is 22.2. The van der Waals surface area contributed by atoms with Gasteiger partial charge in [0.25, 0.3) is 0 Å². The van der Waals surface area contributed by atoms with Gasteiger partial charge >= 0.3 is 29.8 Å². The van der Waals surface area contributed by atoms with E-state index in [2.05, 4.69) is 6.92 Å². The van der Waals surface area contributed by atoms with Crippen LogP contribution in [0.5, 0.6) is 0 Å². The highest BCUT2D eigenvalue weighted by molar-refractivity contribution is 5.73. The molecule has 0 spiro atoms. The molecular formula is C35H62O11. The van der Waals surface area contributed by atoms with Crippen molar-refractivity contribution >= 4 is 29.8 Å². The molecule has 0 fully saturated rings. The maximum Gasteiger partial charge on any atom is 0.308 e. The molecule has 11 heteroatoms. The lowest BCUT2D eigenvalue weighted by Gasteiger charge is -2.23. The SMILES string of the molecule is CCCCCC(OC(=O)CCCC(=O)OCCC)C(O)CCCCCCCCCCC(=O)OCOC(=O)CCCC(=O)OCCC. The normalized spacial score (nSPS) is 12.2. The number of rotatable bonds is 31. The van der Waals surface area contributed by atoms with E-state index in [-0.39, 0.29) is 50.0 Å². The molecule has 0 heterocycles. The van der Waals surface area contributed by atoms with Gasteiger partial charge in [-0.3, -0.25) is 24.0 Å². The van der Waals surface area contributed by atoms with Crippen LogP contribution in [0.25, 0.3) is 0 Å². The first-order valence-corrected chi connectivity index (χ1v) is 17.7. The van der Waals surface area contributed by atoms with Gasteiger partial charge < -0.3 is 28.8 Å². The zero-order chi connectivity index (χ0) is 34.3. The Morgan fingerprint density at radius 1 is 0.457 bits per heavy atom. The second-order valence-electron chi connectivity index (χ2n) is 11.8. The molecule has 268 valence electrons. The molecule has 0 aliphatic heterocycles. The fourth-order valence-corrected chi connectivity index (χ4v) is 4.66. The van der Waals surface area contributed by atoms with Crippen molar-refractivity contribution in [3.8, 4) is 0 Å². The third-order valence-electron chi connectivity index (χ3n) is 7.33. The minimum absolute atomic E-state index is 0.0648. The number of carbonyl (C=O) groups excluding carboxylic acids is 5. The van der Waals surface area contributed by atoms with Crippen molar-refractivity contribution in [1.29, 1.82) is 0 Å². The van der Waals surface area contributed by atoms with Crippen LogP contribution in [-0.2, 0) is 47.7 Å². The molecule has 0 aliphatic rings. The summed E-state index contributed by atoms with van der Waals surface area (Å²) in [6.45, 7) is 6.29. The summed E-state index contributed by atoms with van der Waals surface area (Å²) < 4.78 is 25.4. The van der Waals surface area contributed by atoms with Gasteiger partial charge in [0.1, 0.15) is 6.10 Å². The molecule has 1 N–H and O–H groups in total. The Morgan fingerprint density at radius 2 is 0.870 bits per heavy atom. The molecule has 0 aromatic carbocycles. The summed E-state index contributed by atoms with van der Waals surface area (Å²) in [5, 5.41) is 10.7. The van der Waals surface area contributed by atoms with Crippen molar-refractivity contribution < 1.29 is 52.8 Å². The summed E-state index contributed by atoms with van der Waals surface area (Å²) in [6, 6.07) is 0. The smallest absolute Gasteiger partial charge is 0.308 e. The van der Waals surface area contributed by atoms with Gasteiger partial charge in [-0.05, 0) is 51.4 Å². The first kappa shape index (κ1) is 43.3. The number of ether oxygens (including phenoxy) is 5. The molecule has 0 aromatic rings. The van der Waals surface area contributed by atoms with E-state index in [9.17, 15) is 29.1 Å². The maximum atomic E-state index is 12.3. The zero-order valence-electron chi connectivity index (χ0n) is 28.9. The van der Waals surface area contributed by atoms with E-state index in [0.29, 0.717) is 45.3 Å². The Kier molecular flexibility index (Phi) is 29.1. The highest BCUT2D eigenvalue weighted by Crippen LogP contribution is 2.18. The van der Waals surface area contributed by atoms with Crippen LogP contribution in [0, 0.1) is 0 Å². The largest absolute Gasteiger partial charge is 0.466 e. The van der Waals surface area contributed by atoms with Crippen LogP contribution >= 0.6 is 0 Å². The molecule has 0 saturated carbocycles. The summed E-state index contributed by atoms with van der Waals surface area (Å²) in [7, 11) is 0. The molecule has 0 aliphatic carbocycles. The third kappa shape index (κ3) is 27.6. The summed E-state index contributed by atoms with van der Waals surface area (Å²) in [5.74, 6) is -1.94. The van der Waals surface area contributed by atoms with Crippen LogP contribution in [0.3, 0.4) is 0 Å². The van der Waals surface area contributed by atoms with E-state index in [1.165, 1.54) is 0 Å². The zero-order valence-corrected chi connectivity index (χ0v) is 28.9. The molecule has 0 rings (SSSR count). The standard InChI is InChI=1S/C35H62O11/c1-4-7-14-20-30(46-35(41)25-18-23-32(38)43-27-6-3)29(36)19-15-12-10-8-9-11-13-16-21-33(39)44-28-45-34(40)24-17-22-31(37)42-26-5-2/h29-30,36H,4-28H2,1-3H3. The molecule has 0 aromatic heterocycles. The van der Waals surface area contributed by atoms with Crippen molar-refractivity contribution in [1.82, 2.24) is 0 Å². The molecule has 11 nitrogen and oxygen atoms in total. The molecule has 46 heavy (non-hydrogen) atoms. The van der Waals surface area contributed by atoms with Gasteiger partial charge in [0.15, 0.2) is 0 Å². The van der Waals surface area contributed by atoms with Gasteiger partial charge in [-0.1, -0.05) is 78.6 Å². The Bertz CT molecular complexity index is 814. The minimum atomic E-state index is -0.695. The van der Waals surface area contributed by atoms with Crippen LogP contribution in [0.1, 0.15) is 162 Å². The lowest BCUT2D eigenvalue weighted by Crippen LogP contribution is -2.31. The van der Waals surface area contributed by atoms with E-state index >= 15 is 0 Å². The summed E-state index contributed by atoms with van der Waals surface area (Å²) >= 11 is 0. The number of hydrogen-bond donors (Lipinski definition) is 1. The first-order valence-electron chi connectivity index (χ1n) is 17.7. The van der Waals surface area contributed by atoms with Gasteiger partial charge in [0, 0.05) is 32.1 Å². The van der Waals surface area contributed by atoms with E-state index in [1.807, 2.05) is 13.8 Å². The van der Waals surface area contributed by atoms with Crippen molar-refractivity contribution in [3.05, 3.63) is 0 Å². The number of aliphatic hydroxyl groups excluding tert-OH is 1. The fraction of sp³-hybridized carbons (Fsp3) is 0.857. The van der Waals surface area contributed by atoms with Crippen LogP contribution in [0.2, 0.25) is 0 Å². The predicted octanol–water partition coefficient (Wildman–Crippen LogP) is 7.03. The summed E-state index contributed by atoms with van der Waals surface area (Å²) in [6.07, 6.45) is 13.6. The van der Waals surface area contributed by atoms with Crippen LogP contribution < -0.4 is 0 Å². The quantitative estimate of drug-likeness (QED) is 0.0354. The van der Waals surface area contributed by atoms with Crippen molar-refractivity contribution in [2.75, 3.05) is 20.0 Å². The van der Waals surface area contributed by atoms with Crippen molar-refractivity contribution in [2.24, 2.45) is 0 Å². The average Bonchev–Trinajstić information content (AvgIpc) is 3.03. The minimum Gasteiger partial charge on any atom is -0.466 e. The Labute approximate surface area is 276 Å². The van der Waals surface area contributed by atoms with Gasteiger partial charge in [0.05, 0.1) is 19.3 Å². The van der Waals surface area contributed by atoms with Crippen LogP contribution in [0.4, 0.5) is 0 Å². The lowest BCUT2D eigenvalue weighted by molar-refractivity contribution is -0.167. The van der Waals surface area contributed by atoms with E-state index in [4.69, 9.17) is 23.7 Å². The molecule has 0 amide bonds. The van der Waals surface area contributed by atoms with E-state index < -0.39 is 30.9 Å². The highest BCUT2D eigenvalue weighted by Gasteiger charge is 2.23. The van der Waals surface area contributed by atoms with Gasteiger partial charge in [-0.2, -0.15) is 0 Å². The fourth-order valence-electron chi connectivity index (χ4n) is 4.66. The number of hydrogen-bond acceptors (Lipinski definition) is 11. The Hall–Kier alpha value is -2.69. The number of unbranched alkanes of at least 4 members (excludes halogenated alkanes) is 9. The van der Waals surface area contributed by atoms with Crippen molar-refractivity contribution in [2.45, 2.75) is 174 Å². The number of carbonyl (C=O) groups is 5. The summed E-state index contributed by atoms with van der Waals surface area (Å²) in [4.78, 5) is 58.9. The average molecular weight is 659 g/mol. The second-order valence-corrected chi connectivity index (χ2v) is 11.8. The predicted molar refractivity (Wildman–Crippen MR) is 173 cm³/mol. The monoisotopic (exact) mass is 658 g/mol. The topological polar surface area (TPSA) is 152 Å². The Balaban J connectivity index is 3.92. The number of esters is 5.